The molecule has 0 bridgehead atoms. The number of ether oxygens (including phenoxy) is 2. The normalized spacial score (nSPS) is 14.7. The average molecular weight is 390 g/mol. The van der Waals surface area contributed by atoms with Gasteiger partial charge in [0.25, 0.3) is 0 Å². The maximum Gasteiger partial charge on any atom is 0.363 e. The molecule has 4 rings (SSSR count). The van der Waals surface area contributed by atoms with E-state index in [9.17, 15) is 4.79 Å². The summed E-state index contributed by atoms with van der Waals surface area (Å²) in [4.78, 5) is 16.6. The van der Waals surface area contributed by atoms with Crippen molar-refractivity contribution in [1.82, 2.24) is 0 Å². The van der Waals surface area contributed by atoms with Crippen LogP contribution in [0.2, 0.25) is 5.02 Å². The predicted octanol–water partition coefficient (Wildman–Crippen LogP) is 5.26. The summed E-state index contributed by atoms with van der Waals surface area (Å²) in [6.45, 7) is 0.365. The van der Waals surface area contributed by atoms with Crippen LogP contribution >= 0.6 is 11.6 Å². The van der Waals surface area contributed by atoms with E-state index in [0.717, 1.165) is 16.7 Å². The summed E-state index contributed by atoms with van der Waals surface area (Å²) in [6, 6.07) is 24.3. The number of rotatable bonds is 5. The third-order valence-corrected chi connectivity index (χ3v) is 4.37. The molecular formula is C23H16ClNO3. The first-order chi connectivity index (χ1) is 13.7. The molecule has 1 aliphatic heterocycles. The second-order valence-electron chi connectivity index (χ2n) is 6.16. The zero-order valence-corrected chi connectivity index (χ0v) is 15.6. The molecule has 0 saturated heterocycles. The maximum atomic E-state index is 12.2. The molecular weight excluding hydrogens is 374 g/mol. The molecule has 1 aliphatic rings. The van der Waals surface area contributed by atoms with Gasteiger partial charge in [-0.25, -0.2) is 9.79 Å². The van der Waals surface area contributed by atoms with Crippen molar-refractivity contribution in [3.63, 3.8) is 0 Å². The van der Waals surface area contributed by atoms with Crippen LogP contribution < -0.4 is 4.74 Å². The SMILES string of the molecule is O=C1OC(c2ccccc2)=N/C1=C/c1ccccc1OCc1cccc(Cl)c1. The molecule has 0 radical (unpaired) electrons. The van der Waals surface area contributed by atoms with Gasteiger partial charge in [-0.05, 0) is 42.0 Å². The Labute approximate surface area is 167 Å². The Balaban J connectivity index is 1.58. The van der Waals surface area contributed by atoms with E-state index in [1.54, 1.807) is 6.08 Å². The van der Waals surface area contributed by atoms with Gasteiger partial charge in [-0.1, -0.05) is 60.1 Å². The first kappa shape index (κ1) is 18.0. The fourth-order valence-electron chi connectivity index (χ4n) is 2.78. The molecule has 0 aromatic heterocycles. The van der Waals surface area contributed by atoms with Crippen molar-refractivity contribution in [2.75, 3.05) is 0 Å². The van der Waals surface area contributed by atoms with Crippen LogP contribution in [0.3, 0.4) is 0 Å². The summed E-state index contributed by atoms with van der Waals surface area (Å²) in [5.74, 6) is 0.462. The quantitative estimate of drug-likeness (QED) is 0.441. The lowest BCUT2D eigenvalue weighted by molar-refractivity contribution is -0.129. The van der Waals surface area contributed by atoms with Crippen LogP contribution in [0, 0.1) is 0 Å². The number of carbonyl (C=O) groups excluding carboxylic acids is 1. The molecule has 4 nitrogen and oxygen atoms in total. The minimum absolute atomic E-state index is 0.234. The van der Waals surface area contributed by atoms with Crippen LogP contribution in [0.5, 0.6) is 5.75 Å². The van der Waals surface area contributed by atoms with Gasteiger partial charge in [0.1, 0.15) is 12.4 Å². The number of cyclic esters (lactones) is 1. The Kier molecular flexibility index (Phi) is 5.22. The van der Waals surface area contributed by atoms with Crippen molar-refractivity contribution in [3.05, 3.63) is 106 Å². The first-order valence-electron chi connectivity index (χ1n) is 8.73. The molecule has 0 N–H and O–H groups in total. The molecule has 0 fully saturated rings. The number of aliphatic imine (C=N–C) groups is 1. The lowest BCUT2D eigenvalue weighted by Crippen LogP contribution is -2.05. The second kappa shape index (κ2) is 8.11. The highest BCUT2D eigenvalue weighted by Gasteiger charge is 2.24. The number of nitrogens with zero attached hydrogens (tertiary/aromatic N) is 1. The number of benzene rings is 3. The van der Waals surface area contributed by atoms with Crippen molar-refractivity contribution >= 4 is 29.5 Å². The fourth-order valence-corrected chi connectivity index (χ4v) is 2.99. The van der Waals surface area contributed by atoms with Gasteiger partial charge >= 0.3 is 5.97 Å². The number of hydrogen-bond acceptors (Lipinski definition) is 4. The van der Waals surface area contributed by atoms with Gasteiger partial charge in [0.2, 0.25) is 5.90 Å². The van der Waals surface area contributed by atoms with Crippen molar-refractivity contribution < 1.29 is 14.3 Å². The summed E-state index contributed by atoms with van der Waals surface area (Å²) in [6.07, 6.45) is 1.67. The van der Waals surface area contributed by atoms with E-state index in [0.29, 0.717) is 23.3 Å². The van der Waals surface area contributed by atoms with Gasteiger partial charge in [-0.2, -0.15) is 0 Å². The van der Waals surface area contributed by atoms with E-state index < -0.39 is 5.97 Å². The Morgan fingerprint density at radius 1 is 0.964 bits per heavy atom. The first-order valence-corrected chi connectivity index (χ1v) is 9.11. The third kappa shape index (κ3) is 4.13. The zero-order valence-electron chi connectivity index (χ0n) is 14.8. The van der Waals surface area contributed by atoms with Crippen LogP contribution in [-0.2, 0) is 16.1 Å². The Bertz CT molecular complexity index is 1070. The van der Waals surface area contributed by atoms with Crippen molar-refractivity contribution in [2.45, 2.75) is 6.61 Å². The molecule has 0 saturated carbocycles. The smallest absolute Gasteiger partial charge is 0.363 e. The number of esters is 1. The van der Waals surface area contributed by atoms with Gasteiger partial charge in [0.05, 0.1) is 0 Å². The number of para-hydroxylation sites is 1. The molecule has 0 atom stereocenters. The Hall–Kier alpha value is -3.37. The van der Waals surface area contributed by atoms with Gasteiger partial charge in [-0.15, -0.1) is 0 Å². The van der Waals surface area contributed by atoms with Crippen LogP contribution in [0.25, 0.3) is 6.08 Å². The third-order valence-electron chi connectivity index (χ3n) is 4.14. The van der Waals surface area contributed by atoms with Crippen molar-refractivity contribution in [1.29, 1.82) is 0 Å². The molecule has 1 heterocycles. The standard InChI is InChI=1S/C23H16ClNO3/c24-19-11-6-7-16(13-19)15-27-21-12-5-4-10-18(21)14-20-23(26)28-22(25-20)17-8-2-1-3-9-17/h1-14H,15H2/b20-14+. The molecule has 0 aliphatic carbocycles. The monoisotopic (exact) mass is 389 g/mol. The van der Waals surface area contributed by atoms with Crippen molar-refractivity contribution in [3.8, 4) is 5.75 Å². The van der Waals surface area contributed by atoms with E-state index in [-0.39, 0.29) is 5.70 Å². The summed E-state index contributed by atoms with van der Waals surface area (Å²) in [5, 5.41) is 0.660. The number of halogens is 1. The molecule has 0 amide bonds. The van der Waals surface area contributed by atoms with E-state index >= 15 is 0 Å². The number of carbonyl (C=O) groups is 1. The molecule has 3 aromatic carbocycles. The van der Waals surface area contributed by atoms with Gasteiger partial charge in [-0.3, -0.25) is 0 Å². The fraction of sp³-hybridized carbons (Fsp3) is 0.0435. The predicted molar refractivity (Wildman–Crippen MR) is 109 cm³/mol. The zero-order chi connectivity index (χ0) is 19.3. The van der Waals surface area contributed by atoms with Crippen LogP contribution in [0.4, 0.5) is 0 Å². The minimum Gasteiger partial charge on any atom is -0.488 e. The Morgan fingerprint density at radius 3 is 2.57 bits per heavy atom. The summed E-state index contributed by atoms with van der Waals surface area (Å²) in [7, 11) is 0. The number of hydrogen-bond donors (Lipinski definition) is 0. The average Bonchev–Trinajstić information content (AvgIpc) is 3.08. The lowest BCUT2D eigenvalue weighted by atomic mass is 10.1. The lowest BCUT2D eigenvalue weighted by Gasteiger charge is -2.09. The summed E-state index contributed by atoms with van der Waals surface area (Å²) < 4.78 is 11.2. The maximum absolute atomic E-state index is 12.2. The van der Waals surface area contributed by atoms with Crippen molar-refractivity contribution in [2.24, 2.45) is 4.99 Å². The second-order valence-corrected chi connectivity index (χ2v) is 6.59. The van der Waals surface area contributed by atoms with E-state index in [2.05, 4.69) is 4.99 Å². The van der Waals surface area contributed by atoms with E-state index in [4.69, 9.17) is 21.1 Å². The molecule has 5 heteroatoms. The van der Waals surface area contributed by atoms with Gasteiger partial charge < -0.3 is 9.47 Å². The van der Waals surface area contributed by atoms with Crippen LogP contribution in [-0.4, -0.2) is 11.9 Å². The van der Waals surface area contributed by atoms with E-state index in [1.807, 2.05) is 78.9 Å². The summed E-state index contributed by atoms with van der Waals surface area (Å²) >= 11 is 6.02. The molecule has 138 valence electrons. The van der Waals surface area contributed by atoms with Crippen LogP contribution in [0.15, 0.2) is 89.6 Å². The van der Waals surface area contributed by atoms with Gasteiger partial charge in [0, 0.05) is 16.1 Å². The van der Waals surface area contributed by atoms with E-state index in [1.165, 1.54) is 0 Å². The largest absolute Gasteiger partial charge is 0.488 e. The highest BCUT2D eigenvalue weighted by molar-refractivity contribution is 6.30. The minimum atomic E-state index is -0.483. The Morgan fingerprint density at radius 2 is 1.75 bits per heavy atom. The highest BCUT2D eigenvalue weighted by atomic mass is 35.5. The molecule has 3 aromatic rings. The summed E-state index contributed by atoms with van der Waals surface area (Å²) in [5.41, 5.74) is 2.69. The molecule has 0 spiro atoms. The van der Waals surface area contributed by atoms with Crippen LogP contribution in [0.1, 0.15) is 16.7 Å². The molecule has 28 heavy (non-hydrogen) atoms. The van der Waals surface area contributed by atoms with Gasteiger partial charge in [0.15, 0.2) is 5.70 Å². The topological polar surface area (TPSA) is 47.9 Å². The highest BCUT2D eigenvalue weighted by Crippen LogP contribution is 2.25. The molecule has 0 unspecified atom stereocenters.